The zero-order valence-corrected chi connectivity index (χ0v) is 16.1. The lowest BCUT2D eigenvalue weighted by atomic mass is 10.2. The van der Waals surface area contributed by atoms with Gasteiger partial charge in [-0.05, 0) is 42.8 Å². The fraction of sp³-hybridized carbons (Fsp3) is 0.125. The smallest absolute Gasteiger partial charge is 0.294 e. The summed E-state index contributed by atoms with van der Waals surface area (Å²) in [6, 6.07) is 11.0. The third kappa shape index (κ3) is 7.62. The second-order valence-corrected chi connectivity index (χ2v) is 6.93. The van der Waals surface area contributed by atoms with Crippen LogP contribution in [0.1, 0.15) is 11.1 Å². The van der Waals surface area contributed by atoms with Gasteiger partial charge in [-0.3, -0.25) is 15.2 Å². The average molecular weight is 415 g/mol. The van der Waals surface area contributed by atoms with Gasteiger partial charge in [0.25, 0.3) is 10.1 Å². The lowest BCUT2D eigenvalue weighted by molar-refractivity contribution is -0.0139. The molecule has 9 nitrogen and oxygen atoms in total. The molecule has 0 aliphatic rings. The van der Waals surface area contributed by atoms with Crippen LogP contribution in [0.15, 0.2) is 52.5 Å². The lowest BCUT2D eigenvalue weighted by Gasteiger charge is -2.06. The first-order chi connectivity index (χ1) is 12.5. The maximum atomic E-state index is 10.5. The van der Waals surface area contributed by atoms with Crippen molar-refractivity contribution >= 4 is 33.9 Å². The fourth-order valence-electron chi connectivity index (χ4n) is 1.66. The Labute approximate surface area is 161 Å². The molecule has 0 amide bonds. The van der Waals surface area contributed by atoms with Gasteiger partial charge in [0.15, 0.2) is 0 Å². The monoisotopic (exact) mass is 414 g/mol. The molecule has 2 aromatic carbocycles. The van der Waals surface area contributed by atoms with Crippen LogP contribution < -0.4 is 10.5 Å². The molecule has 0 aliphatic carbocycles. The summed E-state index contributed by atoms with van der Waals surface area (Å²) in [4.78, 5) is -0.0666. The van der Waals surface area contributed by atoms with E-state index < -0.39 is 16.1 Å². The number of halogens is 1. The van der Waals surface area contributed by atoms with Crippen LogP contribution >= 0.6 is 11.6 Å². The number of nitrogens with one attached hydrogen (secondary N) is 1. The van der Waals surface area contributed by atoms with E-state index in [1.165, 1.54) is 25.5 Å². The van der Waals surface area contributed by atoms with Crippen LogP contribution in [-0.2, 0) is 10.1 Å². The standard InChI is InChI=1S/C9H11ClN4O2.C7H8O3S/c1-16-8-3-2-6(4-7(8)10)5-13-14(15)9(11)12;1-6-2-4-7(5-3-6)11(8,9)10/h2-5,15H,1H3,(H3,11,12);2-5H,1H3,(H,8,9,10). The number of methoxy groups -OCH3 is 1. The molecule has 5 N–H and O–H groups in total. The van der Waals surface area contributed by atoms with E-state index >= 15 is 0 Å². The van der Waals surface area contributed by atoms with Gasteiger partial charge in [-0.1, -0.05) is 29.3 Å². The van der Waals surface area contributed by atoms with Crippen LogP contribution in [-0.4, -0.2) is 42.6 Å². The van der Waals surface area contributed by atoms with Crippen molar-refractivity contribution < 1.29 is 22.9 Å². The Morgan fingerprint density at radius 1 is 1.30 bits per heavy atom. The molecule has 0 saturated heterocycles. The number of nitrogens with two attached hydrogens (primary N) is 1. The van der Waals surface area contributed by atoms with E-state index in [-0.39, 0.29) is 10.1 Å². The largest absolute Gasteiger partial charge is 0.495 e. The molecular weight excluding hydrogens is 396 g/mol. The van der Waals surface area contributed by atoms with Gasteiger partial charge < -0.3 is 10.5 Å². The van der Waals surface area contributed by atoms with Gasteiger partial charge in [-0.25, -0.2) is 0 Å². The van der Waals surface area contributed by atoms with Crippen molar-refractivity contribution in [3.05, 3.63) is 58.6 Å². The van der Waals surface area contributed by atoms with Gasteiger partial charge >= 0.3 is 0 Å². The Kier molecular flexibility index (Phi) is 8.19. The summed E-state index contributed by atoms with van der Waals surface area (Å²) in [5.41, 5.74) is 6.58. The van der Waals surface area contributed by atoms with E-state index in [1.54, 1.807) is 30.3 Å². The number of rotatable bonds is 4. The number of hydrogen-bond donors (Lipinski definition) is 4. The van der Waals surface area contributed by atoms with Crippen LogP contribution in [0.5, 0.6) is 5.75 Å². The highest BCUT2D eigenvalue weighted by molar-refractivity contribution is 7.85. The summed E-state index contributed by atoms with van der Waals surface area (Å²) in [6.45, 7) is 1.84. The maximum Gasteiger partial charge on any atom is 0.294 e. The molecule has 0 aliphatic heterocycles. The van der Waals surface area contributed by atoms with Crippen molar-refractivity contribution in [1.82, 2.24) is 5.17 Å². The van der Waals surface area contributed by atoms with E-state index in [9.17, 15) is 8.42 Å². The van der Waals surface area contributed by atoms with Gasteiger partial charge in [-0.15, -0.1) is 5.17 Å². The van der Waals surface area contributed by atoms with E-state index in [1.807, 2.05) is 6.92 Å². The van der Waals surface area contributed by atoms with Gasteiger partial charge in [0.05, 0.1) is 23.2 Å². The summed E-state index contributed by atoms with van der Waals surface area (Å²) < 4.78 is 34.5. The SMILES string of the molecule is COc1ccc(C=NN(O)C(=N)N)cc1Cl.Cc1ccc(S(=O)(=O)O)cc1. The van der Waals surface area contributed by atoms with Gasteiger partial charge in [-0.2, -0.15) is 13.5 Å². The third-order valence-electron chi connectivity index (χ3n) is 3.03. The summed E-state index contributed by atoms with van der Waals surface area (Å²) >= 11 is 5.88. The van der Waals surface area contributed by atoms with Crippen molar-refractivity contribution in [1.29, 1.82) is 5.41 Å². The lowest BCUT2D eigenvalue weighted by Crippen LogP contribution is -2.28. The van der Waals surface area contributed by atoms with E-state index in [4.69, 9.17) is 37.2 Å². The van der Waals surface area contributed by atoms with E-state index in [0.717, 1.165) is 5.56 Å². The Balaban J connectivity index is 0.000000289. The minimum absolute atomic E-state index is 0.0666. The first-order valence-corrected chi connectivity index (χ1v) is 9.11. The van der Waals surface area contributed by atoms with Crippen molar-refractivity contribution in [2.75, 3.05) is 7.11 Å². The van der Waals surface area contributed by atoms with Crippen LogP contribution in [0.4, 0.5) is 0 Å². The molecule has 0 saturated carbocycles. The molecule has 0 fully saturated rings. The Morgan fingerprint density at radius 3 is 2.33 bits per heavy atom. The van der Waals surface area contributed by atoms with Crippen molar-refractivity contribution in [3.8, 4) is 5.75 Å². The Morgan fingerprint density at radius 2 is 1.89 bits per heavy atom. The molecule has 0 spiro atoms. The average Bonchev–Trinajstić information content (AvgIpc) is 2.59. The number of ether oxygens (including phenoxy) is 1. The third-order valence-corrected chi connectivity index (χ3v) is 4.19. The number of nitrogens with zero attached hydrogens (tertiary/aromatic N) is 2. The van der Waals surface area contributed by atoms with E-state index in [2.05, 4.69) is 5.10 Å². The molecular formula is C16H19ClN4O5S. The number of hydrogen-bond acceptors (Lipinski definition) is 6. The summed E-state index contributed by atoms with van der Waals surface area (Å²) in [6.07, 6.45) is 1.31. The quantitative estimate of drug-likeness (QED) is 0.260. The number of hydroxylamine groups is 1. The van der Waals surface area contributed by atoms with Crippen molar-refractivity contribution in [2.24, 2.45) is 10.8 Å². The zero-order valence-electron chi connectivity index (χ0n) is 14.5. The van der Waals surface area contributed by atoms with Gasteiger partial charge in [0, 0.05) is 0 Å². The topological polar surface area (TPSA) is 149 Å². The molecule has 0 bridgehead atoms. The normalized spacial score (nSPS) is 10.9. The van der Waals surface area contributed by atoms with Gasteiger partial charge in [0.2, 0.25) is 5.96 Å². The molecule has 0 unspecified atom stereocenters. The minimum atomic E-state index is -4.02. The number of hydrazone groups is 1. The molecule has 2 aromatic rings. The van der Waals surface area contributed by atoms with Crippen LogP contribution in [0.3, 0.4) is 0 Å². The molecule has 0 atom stereocenters. The summed E-state index contributed by atoms with van der Waals surface area (Å²) in [5.74, 6) is -0.0258. The second kappa shape index (κ2) is 9.88. The van der Waals surface area contributed by atoms with Crippen molar-refractivity contribution in [2.45, 2.75) is 11.8 Å². The zero-order chi connectivity index (χ0) is 20.6. The second-order valence-electron chi connectivity index (χ2n) is 5.10. The minimum Gasteiger partial charge on any atom is -0.495 e. The highest BCUT2D eigenvalue weighted by Crippen LogP contribution is 2.24. The Bertz CT molecular complexity index is 917. The molecule has 11 heteroatoms. The predicted octanol–water partition coefficient (Wildman–Crippen LogP) is 2.51. The van der Waals surface area contributed by atoms with Crippen LogP contribution in [0.2, 0.25) is 5.02 Å². The van der Waals surface area contributed by atoms with Crippen molar-refractivity contribution in [3.63, 3.8) is 0 Å². The van der Waals surface area contributed by atoms with Crippen LogP contribution in [0, 0.1) is 12.3 Å². The molecule has 0 aromatic heterocycles. The number of benzene rings is 2. The molecule has 146 valence electrons. The number of guanidine groups is 1. The fourth-order valence-corrected chi connectivity index (χ4v) is 2.40. The van der Waals surface area contributed by atoms with Crippen LogP contribution in [0.25, 0.3) is 0 Å². The predicted molar refractivity (Wildman–Crippen MR) is 102 cm³/mol. The number of aryl methyl sites for hydroxylation is 1. The first kappa shape index (κ1) is 22.4. The first-order valence-electron chi connectivity index (χ1n) is 7.29. The summed E-state index contributed by atoms with van der Waals surface area (Å²) in [7, 11) is -2.51. The molecule has 0 radical (unpaired) electrons. The molecule has 27 heavy (non-hydrogen) atoms. The molecule has 2 rings (SSSR count). The maximum absolute atomic E-state index is 10.5. The van der Waals surface area contributed by atoms with E-state index in [0.29, 0.717) is 16.3 Å². The highest BCUT2D eigenvalue weighted by Gasteiger charge is 2.06. The van der Waals surface area contributed by atoms with Gasteiger partial charge in [0.1, 0.15) is 5.75 Å². The summed E-state index contributed by atoms with van der Waals surface area (Å²) in [5, 5.41) is 20.0. The Hall–Kier alpha value is -2.66. The highest BCUT2D eigenvalue weighted by atomic mass is 35.5. The molecule has 0 heterocycles.